The number of nitrogens with zero attached hydrogens (tertiary/aromatic N) is 2. The molecule has 140 valence electrons. The van der Waals surface area contributed by atoms with E-state index in [0.29, 0.717) is 5.69 Å². The molecule has 1 aliphatic rings. The molecule has 0 bridgehead atoms. The zero-order valence-electron chi connectivity index (χ0n) is 14.9. The number of methoxy groups -OCH3 is 1. The van der Waals surface area contributed by atoms with E-state index in [1.807, 2.05) is 6.07 Å². The van der Waals surface area contributed by atoms with Crippen LogP contribution in [0.15, 0.2) is 60.2 Å². The molecule has 0 radical (unpaired) electrons. The van der Waals surface area contributed by atoms with Crippen molar-refractivity contribution in [3.8, 4) is 0 Å². The first-order valence-corrected chi connectivity index (χ1v) is 8.33. The molecule has 0 spiro atoms. The summed E-state index contributed by atoms with van der Waals surface area (Å²) in [5, 5.41) is 2.86. The van der Waals surface area contributed by atoms with Crippen LogP contribution in [0.25, 0.3) is 0 Å². The number of rotatable bonds is 4. The second-order valence-corrected chi connectivity index (χ2v) is 6.07. The molecule has 0 saturated carbocycles. The third-order valence-corrected chi connectivity index (χ3v) is 4.30. The second-order valence-electron chi connectivity index (χ2n) is 6.07. The molecule has 1 heterocycles. The highest BCUT2D eigenvalue weighted by Gasteiger charge is 2.36. The van der Waals surface area contributed by atoms with Gasteiger partial charge >= 0.3 is 5.97 Å². The topological polar surface area (TPSA) is 49.9 Å². The van der Waals surface area contributed by atoms with E-state index in [4.69, 9.17) is 0 Å². The van der Waals surface area contributed by atoms with Crippen molar-refractivity contribution in [2.75, 3.05) is 12.1 Å². The molecule has 0 aromatic heterocycles. The average molecular weight is 372 g/mol. The Morgan fingerprint density at radius 3 is 2.48 bits per heavy atom. The van der Waals surface area contributed by atoms with Crippen molar-refractivity contribution in [2.24, 2.45) is 0 Å². The van der Waals surface area contributed by atoms with Gasteiger partial charge < -0.3 is 4.74 Å². The third kappa shape index (κ3) is 3.53. The molecule has 1 unspecified atom stereocenters. The smallest absolute Gasteiger partial charge is 0.343 e. The van der Waals surface area contributed by atoms with Gasteiger partial charge in [0, 0.05) is 5.56 Å². The standard InChI is InChI=1S/C20H18F2N2O3/c1-13-11-16(20(26)27-2)19(25)23(24(13)15-8-4-3-5-9-15)12-14-7-6-10-17(21)18(14)22/h3-11,13H,12H2,1-2H3. The van der Waals surface area contributed by atoms with Crippen molar-refractivity contribution in [3.05, 3.63) is 77.4 Å². The van der Waals surface area contributed by atoms with Crippen molar-refractivity contribution in [1.82, 2.24) is 5.01 Å². The van der Waals surface area contributed by atoms with Crippen LogP contribution < -0.4 is 5.01 Å². The van der Waals surface area contributed by atoms with E-state index in [2.05, 4.69) is 4.74 Å². The first kappa shape index (κ1) is 18.6. The minimum atomic E-state index is -1.03. The van der Waals surface area contributed by atoms with Gasteiger partial charge in [-0.3, -0.25) is 9.80 Å². The van der Waals surface area contributed by atoms with E-state index in [1.165, 1.54) is 30.3 Å². The number of carbonyl (C=O) groups is 2. The van der Waals surface area contributed by atoms with E-state index in [0.717, 1.165) is 6.07 Å². The van der Waals surface area contributed by atoms with Crippen molar-refractivity contribution in [2.45, 2.75) is 19.5 Å². The molecule has 1 atom stereocenters. The number of hydrazine groups is 1. The molecule has 5 nitrogen and oxygen atoms in total. The summed E-state index contributed by atoms with van der Waals surface area (Å²) in [7, 11) is 1.18. The number of benzene rings is 2. The van der Waals surface area contributed by atoms with Gasteiger partial charge in [0.15, 0.2) is 11.6 Å². The molecule has 0 saturated heterocycles. The van der Waals surface area contributed by atoms with E-state index in [9.17, 15) is 18.4 Å². The lowest BCUT2D eigenvalue weighted by Gasteiger charge is -2.43. The summed E-state index contributed by atoms with van der Waals surface area (Å²) in [5.41, 5.74) is 0.534. The maximum Gasteiger partial charge on any atom is 0.343 e. The number of halogens is 2. The molecule has 7 heteroatoms. The molecule has 27 heavy (non-hydrogen) atoms. The number of hydrogen-bond donors (Lipinski definition) is 0. The maximum atomic E-state index is 14.2. The van der Waals surface area contributed by atoms with Gasteiger partial charge in [0.05, 0.1) is 25.4 Å². The highest BCUT2D eigenvalue weighted by molar-refractivity contribution is 6.17. The van der Waals surface area contributed by atoms with Crippen LogP contribution in [0.3, 0.4) is 0 Å². The van der Waals surface area contributed by atoms with Gasteiger partial charge in [-0.2, -0.15) is 0 Å². The quantitative estimate of drug-likeness (QED) is 0.611. The fourth-order valence-corrected chi connectivity index (χ4v) is 3.04. The Kier molecular flexibility index (Phi) is 5.21. The predicted octanol–water partition coefficient (Wildman–Crippen LogP) is 3.22. The number of ether oxygens (including phenoxy) is 1. The summed E-state index contributed by atoms with van der Waals surface area (Å²) < 4.78 is 32.5. The van der Waals surface area contributed by atoms with E-state index in [-0.39, 0.29) is 17.7 Å². The molecule has 2 aromatic rings. The van der Waals surface area contributed by atoms with Gasteiger partial charge in [-0.1, -0.05) is 30.3 Å². The molecule has 1 amide bonds. The molecule has 2 aromatic carbocycles. The monoisotopic (exact) mass is 372 g/mol. The van der Waals surface area contributed by atoms with Crippen LogP contribution in [0.1, 0.15) is 12.5 Å². The minimum Gasteiger partial charge on any atom is -0.465 e. The number of anilines is 1. The van der Waals surface area contributed by atoms with Crippen molar-refractivity contribution < 1.29 is 23.1 Å². The second kappa shape index (κ2) is 7.57. The first-order chi connectivity index (χ1) is 12.9. The van der Waals surface area contributed by atoms with Crippen LogP contribution in [-0.2, 0) is 20.9 Å². The van der Waals surface area contributed by atoms with Crippen molar-refractivity contribution in [1.29, 1.82) is 0 Å². The van der Waals surface area contributed by atoms with Gasteiger partial charge in [0.2, 0.25) is 0 Å². The Labute approximate surface area is 155 Å². The fraction of sp³-hybridized carbons (Fsp3) is 0.200. The summed E-state index contributed by atoms with van der Waals surface area (Å²) in [6.07, 6.45) is 1.50. The predicted molar refractivity (Wildman–Crippen MR) is 95.4 cm³/mol. The van der Waals surface area contributed by atoms with Crippen LogP contribution in [0.2, 0.25) is 0 Å². The summed E-state index contributed by atoms with van der Waals surface area (Å²) >= 11 is 0. The number of carbonyl (C=O) groups excluding carboxylic acids is 2. The maximum absolute atomic E-state index is 14.2. The number of amides is 1. The van der Waals surface area contributed by atoms with E-state index < -0.39 is 29.6 Å². The Morgan fingerprint density at radius 2 is 1.81 bits per heavy atom. The largest absolute Gasteiger partial charge is 0.465 e. The van der Waals surface area contributed by atoms with Crippen LogP contribution >= 0.6 is 0 Å². The number of para-hydroxylation sites is 1. The van der Waals surface area contributed by atoms with Gasteiger partial charge in [-0.15, -0.1) is 0 Å². The van der Waals surface area contributed by atoms with Crippen LogP contribution in [0, 0.1) is 11.6 Å². The van der Waals surface area contributed by atoms with Crippen molar-refractivity contribution >= 4 is 17.6 Å². The Balaban J connectivity index is 2.07. The van der Waals surface area contributed by atoms with Crippen LogP contribution in [0.4, 0.5) is 14.5 Å². The first-order valence-electron chi connectivity index (χ1n) is 8.33. The molecule has 0 aliphatic carbocycles. The molecular weight excluding hydrogens is 354 g/mol. The van der Waals surface area contributed by atoms with Crippen LogP contribution in [0.5, 0.6) is 0 Å². The van der Waals surface area contributed by atoms with Gasteiger partial charge in [0.1, 0.15) is 5.57 Å². The summed E-state index contributed by atoms with van der Waals surface area (Å²) in [6, 6.07) is 12.4. The SMILES string of the molecule is COC(=O)C1=CC(C)N(c2ccccc2)N(Cc2cccc(F)c2F)C1=O. The highest BCUT2D eigenvalue weighted by Crippen LogP contribution is 2.28. The van der Waals surface area contributed by atoms with Crippen LogP contribution in [-0.4, -0.2) is 30.0 Å². The summed E-state index contributed by atoms with van der Waals surface area (Å²) in [5.74, 6) is -3.45. The number of hydrogen-bond acceptors (Lipinski definition) is 4. The molecule has 0 N–H and O–H groups in total. The third-order valence-electron chi connectivity index (χ3n) is 4.30. The minimum absolute atomic E-state index is 0.00240. The summed E-state index contributed by atoms with van der Waals surface area (Å²) in [6.45, 7) is 1.55. The summed E-state index contributed by atoms with van der Waals surface area (Å²) in [4.78, 5) is 24.9. The van der Waals surface area contributed by atoms with Crippen molar-refractivity contribution in [3.63, 3.8) is 0 Å². The lowest BCUT2D eigenvalue weighted by Crippen LogP contribution is -2.55. The molecule has 3 rings (SSSR count). The lowest BCUT2D eigenvalue weighted by atomic mass is 10.1. The Morgan fingerprint density at radius 1 is 1.11 bits per heavy atom. The van der Waals surface area contributed by atoms with Gasteiger partial charge in [-0.25, -0.2) is 18.6 Å². The normalized spacial score (nSPS) is 17.0. The zero-order chi connectivity index (χ0) is 19.6. The Hall–Kier alpha value is -3.22. The fourth-order valence-electron chi connectivity index (χ4n) is 3.04. The zero-order valence-corrected chi connectivity index (χ0v) is 14.9. The average Bonchev–Trinajstić information content (AvgIpc) is 2.68. The Bertz CT molecular complexity index is 899. The number of esters is 1. The highest BCUT2D eigenvalue weighted by atomic mass is 19.2. The molecule has 0 fully saturated rings. The van der Waals surface area contributed by atoms with Gasteiger partial charge in [0.25, 0.3) is 5.91 Å². The molecular formula is C20H18F2N2O3. The lowest BCUT2D eigenvalue weighted by molar-refractivity contribution is -0.141. The van der Waals surface area contributed by atoms with E-state index >= 15 is 0 Å². The van der Waals surface area contributed by atoms with Gasteiger partial charge in [-0.05, 0) is 31.2 Å². The van der Waals surface area contributed by atoms with E-state index in [1.54, 1.807) is 36.2 Å². The molecule has 1 aliphatic heterocycles.